The molecule has 0 aliphatic carbocycles. The van der Waals surface area contributed by atoms with Crippen LogP contribution in [-0.4, -0.2) is 24.4 Å². The number of carbonyl (C=O) groups is 2. The number of ether oxygens (including phenoxy) is 3. The normalized spacial score (nSPS) is 11.0. The molecule has 0 aliphatic rings. The summed E-state index contributed by atoms with van der Waals surface area (Å²) in [6, 6.07) is 32.8. The van der Waals surface area contributed by atoms with E-state index < -0.39 is 18.2 Å². The Hall–Kier alpha value is -4.85. The first-order valence-electron chi connectivity index (χ1n) is 12.4. The first-order chi connectivity index (χ1) is 19.9. The van der Waals surface area contributed by atoms with E-state index in [-0.39, 0.29) is 0 Å². The number of carbonyl (C=O) groups excluding carboxylic acids is 2. The van der Waals surface area contributed by atoms with Gasteiger partial charge in [-0.1, -0.05) is 59.6 Å². The highest BCUT2D eigenvalue weighted by Crippen LogP contribution is 2.22. The molecule has 0 unspecified atom stereocenters. The highest BCUT2D eigenvalue weighted by Gasteiger charge is 2.23. The molecule has 0 aliphatic heterocycles. The maximum Gasteiger partial charge on any atom is 0.344 e. The molecule has 0 saturated carbocycles. The summed E-state index contributed by atoms with van der Waals surface area (Å²) in [4.78, 5) is 25.7. The summed E-state index contributed by atoms with van der Waals surface area (Å²) in [5, 5.41) is 6.83. The standard InChI is InChI=1S/C32H22Cl2N2O5/c33-23-10-16-26(17-11-23)40-32(41-27-18-12-24(34)13-19-27)30(37)36-35-20-21-8-14-25(15-9-21)39-31(38)29-7-3-5-22-4-1-2-6-28(22)29/h1-20,32H,(H,36,37)/b35-20+. The molecule has 204 valence electrons. The predicted octanol–water partition coefficient (Wildman–Crippen LogP) is 7.30. The van der Waals surface area contributed by atoms with Crippen molar-refractivity contribution in [3.05, 3.63) is 136 Å². The van der Waals surface area contributed by atoms with Crippen molar-refractivity contribution >= 4 is 52.1 Å². The van der Waals surface area contributed by atoms with E-state index in [9.17, 15) is 9.59 Å². The predicted molar refractivity (Wildman–Crippen MR) is 159 cm³/mol. The second-order valence-corrected chi connectivity index (χ2v) is 9.57. The Balaban J connectivity index is 1.22. The van der Waals surface area contributed by atoms with Crippen LogP contribution in [0.5, 0.6) is 17.2 Å². The monoisotopic (exact) mass is 584 g/mol. The average Bonchev–Trinajstić information content (AvgIpc) is 2.99. The Morgan fingerprint density at radius 1 is 0.683 bits per heavy atom. The number of hydrogen-bond donors (Lipinski definition) is 1. The lowest BCUT2D eigenvalue weighted by molar-refractivity contribution is -0.140. The van der Waals surface area contributed by atoms with Gasteiger partial charge in [0.2, 0.25) is 0 Å². The maximum absolute atomic E-state index is 12.9. The van der Waals surface area contributed by atoms with Crippen LogP contribution < -0.4 is 19.6 Å². The second kappa shape index (κ2) is 13.0. The lowest BCUT2D eigenvalue weighted by Crippen LogP contribution is -2.40. The fourth-order valence-electron chi connectivity index (χ4n) is 3.82. The zero-order valence-corrected chi connectivity index (χ0v) is 22.9. The number of nitrogens with zero attached hydrogens (tertiary/aromatic N) is 1. The summed E-state index contributed by atoms with van der Waals surface area (Å²) >= 11 is 11.9. The summed E-state index contributed by atoms with van der Waals surface area (Å²) in [7, 11) is 0. The molecular formula is C32H22Cl2N2O5. The molecule has 0 heterocycles. The molecule has 1 amide bonds. The molecule has 0 aromatic heterocycles. The Morgan fingerprint density at radius 2 is 1.24 bits per heavy atom. The van der Waals surface area contributed by atoms with Crippen molar-refractivity contribution in [1.82, 2.24) is 5.43 Å². The van der Waals surface area contributed by atoms with Crippen molar-refractivity contribution in [3.8, 4) is 17.2 Å². The van der Waals surface area contributed by atoms with Crippen molar-refractivity contribution in [2.24, 2.45) is 5.10 Å². The maximum atomic E-state index is 12.9. The molecule has 5 aromatic rings. The second-order valence-electron chi connectivity index (χ2n) is 8.69. The summed E-state index contributed by atoms with van der Waals surface area (Å²) in [6.07, 6.45) is 0.0842. The number of amides is 1. The third-order valence-electron chi connectivity index (χ3n) is 5.82. The average molecular weight is 585 g/mol. The van der Waals surface area contributed by atoms with E-state index in [4.69, 9.17) is 37.4 Å². The fourth-order valence-corrected chi connectivity index (χ4v) is 4.07. The van der Waals surface area contributed by atoms with Gasteiger partial charge in [0.1, 0.15) is 17.2 Å². The number of rotatable bonds is 9. The first kappa shape index (κ1) is 27.7. The van der Waals surface area contributed by atoms with Gasteiger partial charge in [0.05, 0.1) is 11.8 Å². The Morgan fingerprint density at radius 3 is 1.88 bits per heavy atom. The number of esters is 1. The lowest BCUT2D eigenvalue weighted by Gasteiger charge is -2.19. The van der Waals surface area contributed by atoms with Crippen LogP contribution in [0.4, 0.5) is 0 Å². The minimum absolute atomic E-state index is 0.372. The molecule has 5 aromatic carbocycles. The molecule has 41 heavy (non-hydrogen) atoms. The summed E-state index contributed by atoms with van der Waals surface area (Å²) in [5.41, 5.74) is 3.56. The van der Waals surface area contributed by atoms with Crippen molar-refractivity contribution in [2.75, 3.05) is 0 Å². The molecule has 0 fully saturated rings. The fraction of sp³-hybridized carbons (Fsp3) is 0.0312. The molecule has 0 radical (unpaired) electrons. The summed E-state index contributed by atoms with van der Waals surface area (Å²) in [5.74, 6) is 0.0221. The van der Waals surface area contributed by atoms with Crippen LogP contribution in [0.2, 0.25) is 10.0 Å². The molecule has 0 bridgehead atoms. The molecule has 0 spiro atoms. The molecule has 0 saturated heterocycles. The van der Waals surface area contributed by atoms with Crippen LogP contribution in [-0.2, 0) is 4.79 Å². The van der Waals surface area contributed by atoms with E-state index in [0.29, 0.717) is 38.4 Å². The van der Waals surface area contributed by atoms with Gasteiger partial charge in [0.15, 0.2) is 0 Å². The number of hydrazone groups is 1. The quantitative estimate of drug-likeness (QED) is 0.0645. The Kier molecular flexibility index (Phi) is 8.79. The molecular weight excluding hydrogens is 563 g/mol. The van der Waals surface area contributed by atoms with Gasteiger partial charge < -0.3 is 14.2 Å². The topological polar surface area (TPSA) is 86.2 Å². The lowest BCUT2D eigenvalue weighted by atomic mass is 10.0. The van der Waals surface area contributed by atoms with Gasteiger partial charge in [-0.15, -0.1) is 0 Å². The highest BCUT2D eigenvalue weighted by atomic mass is 35.5. The smallest absolute Gasteiger partial charge is 0.344 e. The van der Waals surface area contributed by atoms with Crippen LogP contribution in [0.15, 0.2) is 120 Å². The zero-order chi connectivity index (χ0) is 28.6. The van der Waals surface area contributed by atoms with Gasteiger partial charge in [0, 0.05) is 10.0 Å². The molecule has 5 rings (SSSR count). The van der Waals surface area contributed by atoms with Gasteiger partial charge in [-0.2, -0.15) is 5.10 Å². The Labute approximate surface area is 245 Å². The van der Waals surface area contributed by atoms with Gasteiger partial charge in [0.25, 0.3) is 0 Å². The number of halogens is 2. The van der Waals surface area contributed by atoms with Gasteiger partial charge >= 0.3 is 18.2 Å². The third kappa shape index (κ3) is 7.42. The SMILES string of the molecule is O=C(Oc1ccc(/C=N/NC(=O)C(Oc2ccc(Cl)cc2)Oc2ccc(Cl)cc2)cc1)c1cccc2ccccc12. The first-order valence-corrected chi connectivity index (χ1v) is 13.2. The van der Waals surface area contributed by atoms with Gasteiger partial charge in [-0.3, -0.25) is 4.79 Å². The third-order valence-corrected chi connectivity index (χ3v) is 6.32. The van der Waals surface area contributed by atoms with Gasteiger partial charge in [-0.25, -0.2) is 10.2 Å². The minimum atomic E-state index is -1.36. The van der Waals surface area contributed by atoms with Crippen LogP contribution in [0.25, 0.3) is 10.8 Å². The van der Waals surface area contributed by atoms with E-state index >= 15 is 0 Å². The molecule has 9 heteroatoms. The van der Waals surface area contributed by atoms with Crippen LogP contribution >= 0.6 is 23.2 Å². The zero-order valence-electron chi connectivity index (χ0n) is 21.4. The van der Waals surface area contributed by atoms with E-state index in [1.807, 2.05) is 36.4 Å². The van der Waals surface area contributed by atoms with Gasteiger partial charge in [-0.05, 0) is 95.2 Å². The van der Waals surface area contributed by atoms with E-state index in [0.717, 1.165) is 10.8 Å². The molecule has 1 N–H and O–H groups in total. The molecule has 0 atom stereocenters. The largest absolute Gasteiger partial charge is 0.446 e. The number of nitrogens with one attached hydrogen (secondary N) is 1. The van der Waals surface area contributed by atoms with E-state index in [1.165, 1.54) is 6.21 Å². The number of fused-ring (bicyclic) bond motifs is 1. The van der Waals surface area contributed by atoms with Crippen molar-refractivity contribution in [1.29, 1.82) is 0 Å². The van der Waals surface area contributed by atoms with Crippen molar-refractivity contribution < 1.29 is 23.8 Å². The van der Waals surface area contributed by atoms with E-state index in [2.05, 4.69) is 10.5 Å². The summed E-state index contributed by atoms with van der Waals surface area (Å²) < 4.78 is 17.0. The van der Waals surface area contributed by atoms with E-state index in [1.54, 1.807) is 78.9 Å². The molecule has 7 nitrogen and oxygen atoms in total. The van der Waals surface area contributed by atoms with Crippen LogP contribution in [0, 0.1) is 0 Å². The number of benzene rings is 5. The van der Waals surface area contributed by atoms with Crippen molar-refractivity contribution in [2.45, 2.75) is 6.29 Å². The minimum Gasteiger partial charge on any atom is -0.446 e. The number of hydrogen-bond acceptors (Lipinski definition) is 6. The van der Waals surface area contributed by atoms with Crippen LogP contribution in [0.3, 0.4) is 0 Å². The Bertz CT molecular complexity index is 1640. The van der Waals surface area contributed by atoms with Crippen molar-refractivity contribution in [3.63, 3.8) is 0 Å². The summed E-state index contributed by atoms with van der Waals surface area (Å²) in [6.45, 7) is 0. The van der Waals surface area contributed by atoms with Crippen LogP contribution in [0.1, 0.15) is 15.9 Å². The highest BCUT2D eigenvalue weighted by molar-refractivity contribution is 6.30.